The van der Waals surface area contributed by atoms with E-state index in [1.54, 1.807) is 6.07 Å². The number of anilines is 2. The maximum atomic E-state index is 15.3. The van der Waals surface area contributed by atoms with E-state index in [0.717, 1.165) is 16.4 Å². The van der Waals surface area contributed by atoms with Crippen LogP contribution in [0.1, 0.15) is 50.0 Å². The van der Waals surface area contributed by atoms with Gasteiger partial charge in [-0.2, -0.15) is 36.6 Å². The van der Waals surface area contributed by atoms with Crippen LogP contribution in [0, 0.1) is 11.3 Å². The summed E-state index contributed by atoms with van der Waals surface area (Å²) in [6.07, 6.45) is -5.14. The van der Waals surface area contributed by atoms with E-state index in [1.807, 2.05) is 6.07 Å². The topological polar surface area (TPSA) is 138 Å². The molecule has 0 aliphatic carbocycles. The number of carbonyl (C=O) groups excluding carboxylic acids is 2. The summed E-state index contributed by atoms with van der Waals surface area (Å²) >= 11 is 0. The molecule has 0 bridgehead atoms. The van der Waals surface area contributed by atoms with Gasteiger partial charge in [0.25, 0.3) is 17.7 Å². The summed E-state index contributed by atoms with van der Waals surface area (Å²) in [7, 11) is -3.11. The Hall–Kier alpha value is -5.34. The third-order valence-corrected chi connectivity index (χ3v) is 10.4. The van der Waals surface area contributed by atoms with Gasteiger partial charge in [-0.3, -0.25) is 14.3 Å². The van der Waals surface area contributed by atoms with Crippen LogP contribution in [0.15, 0.2) is 79.0 Å². The number of amides is 2. The van der Waals surface area contributed by atoms with Crippen molar-refractivity contribution in [1.82, 2.24) is 14.1 Å². The zero-order valence-electron chi connectivity index (χ0n) is 26.1. The van der Waals surface area contributed by atoms with Gasteiger partial charge in [-0.15, -0.1) is 0 Å². The Kier molecular flexibility index (Phi) is 8.87. The number of hydrogen-bond acceptors (Lipinski definition) is 7. The van der Waals surface area contributed by atoms with E-state index in [4.69, 9.17) is 4.74 Å². The summed E-state index contributed by atoms with van der Waals surface area (Å²) in [4.78, 5) is 28.7. The highest BCUT2D eigenvalue weighted by atomic mass is 32.2. The van der Waals surface area contributed by atoms with Crippen molar-refractivity contribution in [2.75, 3.05) is 36.2 Å². The molecule has 11 nitrogen and oxygen atoms in total. The maximum absolute atomic E-state index is 15.3. The van der Waals surface area contributed by atoms with Gasteiger partial charge in [0.2, 0.25) is 10.0 Å². The Morgan fingerprint density at radius 1 is 1.00 bits per heavy atom. The van der Waals surface area contributed by atoms with Crippen molar-refractivity contribution in [2.24, 2.45) is 0 Å². The Bertz CT molecular complexity index is 2100. The van der Waals surface area contributed by atoms with Gasteiger partial charge < -0.3 is 15.0 Å². The van der Waals surface area contributed by atoms with Crippen LogP contribution in [0.4, 0.5) is 33.3 Å². The van der Waals surface area contributed by atoms with Gasteiger partial charge in [-0.25, -0.2) is 8.42 Å². The lowest BCUT2D eigenvalue weighted by Gasteiger charge is -2.37. The molecule has 1 aromatic heterocycles. The van der Waals surface area contributed by atoms with E-state index in [1.165, 1.54) is 77.5 Å². The molecule has 1 saturated heterocycles. The van der Waals surface area contributed by atoms with Crippen LogP contribution >= 0.6 is 0 Å². The van der Waals surface area contributed by atoms with Crippen molar-refractivity contribution < 1.29 is 44.7 Å². The number of nitrogens with zero attached hydrogens (tertiary/aromatic N) is 5. The second-order valence-electron chi connectivity index (χ2n) is 11.6. The fraction of sp³-hybridized carbons (Fsp3) is 0.273. The number of halogens is 5. The fourth-order valence-electron chi connectivity index (χ4n) is 6.10. The van der Waals surface area contributed by atoms with Crippen LogP contribution in [-0.4, -0.2) is 72.5 Å². The van der Waals surface area contributed by atoms with Crippen LogP contribution in [0.2, 0.25) is 0 Å². The molecule has 260 valence electrons. The first-order valence-corrected chi connectivity index (χ1v) is 16.6. The van der Waals surface area contributed by atoms with Crippen LogP contribution < -0.4 is 15.0 Å². The Balaban J connectivity index is 1.37. The molecule has 4 aromatic rings. The van der Waals surface area contributed by atoms with Crippen molar-refractivity contribution in [3.63, 3.8) is 0 Å². The summed E-state index contributed by atoms with van der Waals surface area (Å²) in [6.45, 7) is -0.757. The first kappa shape index (κ1) is 34.5. The average Bonchev–Trinajstić information content (AvgIpc) is 3.73. The molecule has 1 fully saturated rings. The Morgan fingerprint density at radius 2 is 1.66 bits per heavy atom. The first-order valence-electron chi connectivity index (χ1n) is 15.0. The molecule has 6 rings (SSSR count). The smallest absolute Gasteiger partial charge is 0.390 e. The largest absolute Gasteiger partial charge is 0.495 e. The standard InChI is InChI=1S/C33H27F5N6O5S/c1-49-28-12-7-20(15-21(28)16-39)30(45)41-25-17-40-44-27-19-42(50(47,48)14-13-32(34,35)36)18-26(27)43(31(46)29(25)44)24-10-8-23(9-11-24)33(37,38)22-5-3-2-4-6-22/h2-12,15,17,26-27H,13-14,18-19H2,1H3,(H,41,45)/t26-,27+/m0/s1. The number of benzene rings is 3. The molecule has 17 heteroatoms. The summed E-state index contributed by atoms with van der Waals surface area (Å²) in [5.41, 5.74) is -0.693. The third kappa shape index (κ3) is 6.39. The fourth-order valence-corrected chi connectivity index (χ4v) is 7.61. The molecule has 2 aliphatic heterocycles. The van der Waals surface area contributed by atoms with Gasteiger partial charge in [0.1, 0.15) is 11.8 Å². The molecule has 2 amide bonds. The van der Waals surface area contributed by atoms with Gasteiger partial charge in [-0.05, 0) is 30.3 Å². The molecule has 0 radical (unpaired) electrons. The molecule has 2 atom stereocenters. The summed E-state index contributed by atoms with van der Waals surface area (Å²) in [5.74, 6) is -5.88. The number of methoxy groups -OCH3 is 1. The van der Waals surface area contributed by atoms with Gasteiger partial charge in [-0.1, -0.05) is 42.5 Å². The van der Waals surface area contributed by atoms with E-state index in [-0.39, 0.29) is 51.6 Å². The van der Waals surface area contributed by atoms with Gasteiger partial charge in [0.15, 0.2) is 5.69 Å². The highest BCUT2D eigenvalue weighted by Gasteiger charge is 2.51. The number of nitrogens with one attached hydrogen (secondary N) is 1. The minimum atomic E-state index is -4.73. The van der Waals surface area contributed by atoms with Gasteiger partial charge in [0.05, 0.1) is 48.8 Å². The van der Waals surface area contributed by atoms with E-state index in [2.05, 4.69) is 10.4 Å². The zero-order valence-corrected chi connectivity index (χ0v) is 26.9. The highest BCUT2D eigenvalue weighted by molar-refractivity contribution is 7.89. The van der Waals surface area contributed by atoms with Crippen LogP contribution in [-0.2, 0) is 15.9 Å². The molecule has 1 N–H and O–H groups in total. The quantitative estimate of drug-likeness (QED) is 0.232. The molecule has 3 aromatic carbocycles. The number of sulfonamides is 1. The van der Waals surface area contributed by atoms with Crippen molar-refractivity contribution in [1.29, 1.82) is 5.26 Å². The second kappa shape index (κ2) is 12.8. The summed E-state index contributed by atoms with van der Waals surface area (Å²) < 4.78 is 103. The molecule has 2 aliphatic rings. The maximum Gasteiger partial charge on any atom is 0.390 e. The molecule has 0 unspecified atom stereocenters. The summed E-state index contributed by atoms with van der Waals surface area (Å²) in [6, 6.07) is 15.9. The molecular weight excluding hydrogens is 687 g/mol. The van der Waals surface area contributed by atoms with Gasteiger partial charge >= 0.3 is 6.18 Å². The third-order valence-electron chi connectivity index (χ3n) is 8.60. The lowest BCUT2D eigenvalue weighted by atomic mass is 9.99. The van der Waals surface area contributed by atoms with Crippen LogP contribution in [0.3, 0.4) is 0 Å². The average molecular weight is 715 g/mol. The van der Waals surface area contributed by atoms with Crippen molar-refractivity contribution in [3.05, 3.63) is 107 Å². The first-order chi connectivity index (χ1) is 23.6. The van der Waals surface area contributed by atoms with Crippen molar-refractivity contribution in [3.8, 4) is 11.8 Å². The number of fused-ring (bicyclic) bond motifs is 3. The summed E-state index contributed by atoms with van der Waals surface area (Å²) in [5, 5.41) is 16.3. The number of alkyl halides is 5. The molecule has 3 heterocycles. The Morgan fingerprint density at radius 3 is 2.30 bits per heavy atom. The minimum Gasteiger partial charge on any atom is -0.495 e. The number of hydrogen-bond donors (Lipinski definition) is 1. The van der Waals surface area contributed by atoms with E-state index < -0.39 is 64.7 Å². The highest BCUT2D eigenvalue weighted by Crippen LogP contribution is 2.41. The predicted octanol–water partition coefficient (Wildman–Crippen LogP) is 5.32. The van der Waals surface area contributed by atoms with Crippen LogP contribution in [0.25, 0.3) is 0 Å². The lowest BCUT2D eigenvalue weighted by molar-refractivity contribution is -0.130. The molecule has 50 heavy (non-hydrogen) atoms. The van der Waals surface area contributed by atoms with Crippen molar-refractivity contribution >= 4 is 33.2 Å². The molecule has 0 saturated carbocycles. The zero-order chi connectivity index (χ0) is 36.0. The Labute approximate surface area is 282 Å². The number of rotatable bonds is 9. The minimum absolute atomic E-state index is 0.0398. The van der Waals surface area contributed by atoms with Crippen LogP contribution in [0.5, 0.6) is 5.75 Å². The SMILES string of the molecule is COc1ccc(C(=O)Nc2cnn3c2C(=O)N(c2ccc(C(F)(F)c4ccccc4)cc2)[C@H]2CN(S(=O)(=O)CCC(F)(F)F)C[C@H]23)cc1C#N. The number of aromatic nitrogens is 2. The van der Waals surface area contributed by atoms with E-state index >= 15 is 8.78 Å². The van der Waals surface area contributed by atoms with Crippen molar-refractivity contribution in [2.45, 2.75) is 30.6 Å². The normalized spacial score (nSPS) is 17.9. The van der Waals surface area contributed by atoms with E-state index in [0.29, 0.717) is 0 Å². The lowest BCUT2D eigenvalue weighted by Crippen LogP contribution is -2.51. The predicted molar refractivity (Wildman–Crippen MR) is 169 cm³/mol. The second-order valence-corrected chi connectivity index (χ2v) is 13.7. The molecule has 0 spiro atoms. The van der Waals surface area contributed by atoms with Gasteiger partial charge in [0, 0.05) is 35.5 Å². The monoisotopic (exact) mass is 714 g/mol. The molecular formula is C33H27F5N6O5S. The van der Waals surface area contributed by atoms with E-state index in [9.17, 15) is 36.4 Å². The number of ether oxygens (including phenoxy) is 1. The number of nitriles is 1. The number of carbonyl (C=O) groups is 2.